The molecule has 1 atom stereocenters. The van der Waals surface area contributed by atoms with Crippen molar-refractivity contribution < 1.29 is 4.42 Å². The van der Waals surface area contributed by atoms with E-state index in [1.54, 1.807) is 0 Å². The maximum atomic E-state index is 6.00. The molecule has 1 N–H and O–H groups in total. The van der Waals surface area contributed by atoms with Gasteiger partial charge in [0, 0.05) is 10.6 Å². The Kier molecular flexibility index (Phi) is 3.39. The summed E-state index contributed by atoms with van der Waals surface area (Å²) in [6.07, 6.45) is 3.69. The third-order valence-corrected chi connectivity index (χ3v) is 3.62. The summed E-state index contributed by atoms with van der Waals surface area (Å²) in [7, 11) is 0. The highest BCUT2D eigenvalue weighted by Crippen LogP contribution is 2.30. The number of nitrogens with one attached hydrogen (secondary N) is 1. The van der Waals surface area contributed by atoms with E-state index in [0.29, 0.717) is 6.04 Å². The molecule has 3 rings (SSSR count). The van der Waals surface area contributed by atoms with Crippen LogP contribution in [0.1, 0.15) is 31.1 Å². The SMILES string of the molecule is Clc1cccc(-c2ccc([C@H]3CCCCN3)o2)c1. The molecule has 0 aliphatic carbocycles. The number of halogens is 1. The number of rotatable bonds is 2. The van der Waals surface area contributed by atoms with E-state index >= 15 is 0 Å². The second-order valence-electron chi connectivity index (χ2n) is 4.71. The van der Waals surface area contributed by atoms with Gasteiger partial charge in [-0.1, -0.05) is 30.2 Å². The Labute approximate surface area is 112 Å². The van der Waals surface area contributed by atoms with E-state index < -0.39 is 0 Å². The molecule has 0 saturated carbocycles. The zero-order valence-electron chi connectivity index (χ0n) is 10.2. The molecule has 0 amide bonds. The maximum absolute atomic E-state index is 6.00. The van der Waals surface area contributed by atoms with E-state index in [1.807, 2.05) is 30.3 Å². The van der Waals surface area contributed by atoms with Gasteiger partial charge in [0.25, 0.3) is 0 Å². The molecule has 0 unspecified atom stereocenters. The second-order valence-corrected chi connectivity index (χ2v) is 5.15. The Bertz CT molecular complexity index is 529. The number of piperidine rings is 1. The molecule has 2 nitrogen and oxygen atoms in total. The Balaban J connectivity index is 1.84. The topological polar surface area (TPSA) is 25.2 Å². The van der Waals surface area contributed by atoms with Crippen LogP contribution in [0.2, 0.25) is 5.02 Å². The zero-order valence-corrected chi connectivity index (χ0v) is 10.9. The van der Waals surface area contributed by atoms with Gasteiger partial charge in [-0.2, -0.15) is 0 Å². The minimum atomic E-state index is 0.367. The summed E-state index contributed by atoms with van der Waals surface area (Å²) in [6, 6.07) is 12.2. The lowest BCUT2D eigenvalue weighted by atomic mass is 10.0. The van der Waals surface area contributed by atoms with Crippen molar-refractivity contribution in [1.82, 2.24) is 5.32 Å². The van der Waals surface area contributed by atoms with Gasteiger partial charge in [0.05, 0.1) is 6.04 Å². The fourth-order valence-corrected chi connectivity index (χ4v) is 2.62. The van der Waals surface area contributed by atoms with Crippen LogP contribution in [0.5, 0.6) is 0 Å². The largest absolute Gasteiger partial charge is 0.459 e. The molecule has 94 valence electrons. The average molecular weight is 262 g/mol. The Morgan fingerprint density at radius 3 is 2.89 bits per heavy atom. The molecule has 0 spiro atoms. The predicted octanol–water partition coefficient (Wildman–Crippen LogP) is 4.41. The lowest BCUT2D eigenvalue weighted by Crippen LogP contribution is -2.26. The predicted molar refractivity (Wildman–Crippen MR) is 73.7 cm³/mol. The molecule has 1 fully saturated rings. The fraction of sp³-hybridized carbons (Fsp3) is 0.333. The molecule has 1 aliphatic rings. The highest BCUT2D eigenvalue weighted by atomic mass is 35.5. The molecule has 18 heavy (non-hydrogen) atoms. The summed E-state index contributed by atoms with van der Waals surface area (Å²) in [5.41, 5.74) is 1.03. The standard InChI is InChI=1S/C15H16ClNO/c16-12-5-3-4-11(10-12)14-7-8-15(18-14)13-6-1-2-9-17-13/h3-5,7-8,10,13,17H,1-2,6,9H2/t13-/m1/s1. The molecule has 3 heteroatoms. The van der Waals surface area contributed by atoms with Gasteiger partial charge in [-0.15, -0.1) is 0 Å². The number of hydrogen-bond acceptors (Lipinski definition) is 2. The van der Waals surface area contributed by atoms with Crippen molar-refractivity contribution in [1.29, 1.82) is 0 Å². The Morgan fingerprint density at radius 1 is 1.17 bits per heavy atom. The number of furan rings is 1. The Morgan fingerprint density at radius 2 is 2.11 bits per heavy atom. The molecule has 2 heterocycles. The van der Waals surface area contributed by atoms with Crippen LogP contribution >= 0.6 is 11.6 Å². The van der Waals surface area contributed by atoms with Crippen LogP contribution in [0.15, 0.2) is 40.8 Å². The van der Waals surface area contributed by atoms with Crippen LogP contribution in [0.4, 0.5) is 0 Å². The minimum Gasteiger partial charge on any atom is -0.459 e. The molecule has 0 bridgehead atoms. The van der Waals surface area contributed by atoms with E-state index in [9.17, 15) is 0 Å². The van der Waals surface area contributed by atoms with Crippen molar-refractivity contribution in [3.05, 3.63) is 47.2 Å². The first-order valence-electron chi connectivity index (χ1n) is 6.42. The first-order valence-corrected chi connectivity index (χ1v) is 6.80. The van der Waals surface area contributed by atoms with Gasteiger partial charge in [0.2, 0.25) is 0 Å². The van der Waals surface area contributed by atoms with Crippen molar-refractivity contribution >= 4 is 11.6 Å². The van der Waals surface area contributed by atoms with Gasteiger partial charge in [-0.25, -0.2) is 0 Å². The first-order chi connectivity index (χ1) is 8.83. The minimum absolute atomic E-state index is 0.367. The van der Waals surface area contributed by atoms with Crippen LogP contribution < -0.4 is 5.32 Å². The molecule has 1 aromatic heterocycles. The van der Waals surface area contributed by atoms with E-state index in [0.717, 1.165) is 35.1 Å². The molecule has 2 aromatic rings. The summed E-state index contributed by atoms with van der Waals surface area (Å²) < 4.78 is 5.94. The highest BCUT2D eigenvalue weighted by Gasteiger charge is 2.18. The van der Waals surface area contributed by atoms with Crippen LogP contribution in [-0.2, 0) is 0 Å². The highest BCUT2D eigenvalue weighted by molar-refractivity contribution is 6.30. The zero-order chi connectivity index (χ0) is 12.4. The van der Waals surface area contributed by atoms with Crippen LogP contribution in [0, 0.1) is 0 Å². The van der Waals surface area contributed by atoms with Gasteiger partial charge < -0.3 is 9.73 Å². The Hall–Kier alpha value is -1.25. The first kappa shape index (κ1) is 11.8. The normalized spacial score (nSPS) is 19.9. The third-order valence-electron chi connectivity index (χ3n) is 3.39. The molecular weight excluding hydrogens is 246 g/mol. The summed E-state index contributed by atoms with van der Waals surface area (Å²) >= 11 is 6.00. The van der Waals surface area contributed by atoms with Crippen molar-refractivity contribution in [3.63, 3.8) is 0 Å². The lowest BCUT2D eigenvalue weighted by Gasteiger charge is -2.21. The van der Waals surface area contributed by atoms with Crippen molar-refractivity contribution in [3.8, 4) is 11.3 Å². The van der Waals surface area contributed by atoms with Gasteiger partial charge in [0.15, 0.2) is 0 Å². The van der Waals surface area contributed by atoms with Gasteiger partial charge in [-0.3, -0.25) is 0 Å². The second kappa shape index (κ2) is 5.17. The van der Waals surface area contributed by atoms with Crippen molar-refractivity contribution in [2.45, 2.75) is 25.3 Å². The summed E-state index contributed by atoms with van der Waals surface area (Å²) in [5.74, 6) is 1.92. The van der Waals surface area contributed by atoms with Crippen LogP contribution in [0.25, 0.3) is 11.3 Å². The van der Waals surface area contributed by atoms with Crippen molar-refractivity contribution in [2.24, 2.45) is 0 Å². The third kappa shape index (κ3) is 2.45. The van der Waals surface area contributed by atoms with Crippen LogP contribution in [-0.4, -0.2) is 6.54 Å². The summed E-state index contributed by atoms with van der Waals surface area (Å²) in [5, 5.41) is 4.23. The molecule has 1 aliphatic heterocycles. The summed E-state index contributed by atoms with van der Waals surface area (Å²) in [4.78, 5) is 0. The summed E-state index contributed by atoms with van der Waals surface area (Å²) in [6.45, 7) is 1.08. The van der Waals surface area contributed by atoms with E-state index in [4.69, 9.17) is 16.0 Å². The van der Waals surface area contributed by atoms with Crippen molar-refractivity contribution in [2.75, 3.05) is 6.54 Å². The average Bonchev–Trinajstić information content (AvgIpc) is 2.89. The molecule has 1 saturated heterocycles. The molecule has 0 radical (unpaired) electrons. The number of hydrogen-bond donors (Lipinski definition) is 1. The van der Waals surface area contributed by atoms with Crippen LogP contribution in [0.3, 0.4) is 0 Å². The smallest absolute Gasteiger partial charge is 0.134 e. The monoisotopic (exact) mass is 261 g/mol. The lowest BCUT2D eigenvalue weighted by molar-refractivity contribution is 0.353. The van der Waals surface area contributed by atoms with E-state index in [-0.39, 0.29) is 0 Å². The van der Waals surface area contributed by atoms with Gasteiger partial charge in [0.1, 0.15) is 11.5 Å². The van der Waals surface area contributed by atoms with E-state index in [2.05, 4.69) is 11.4 Å². The number of benzene rings is 1. The maximum Gasteiger partial charge on any atom is 0.134 e. The fourth-order valence-electron chi connectivity index (χ4n) is 2.43. The van der Waals surface area contributed by atoms with Gasteiger partial charge >= 0.3 is 0 Å². The van der Waals surface area contributed by atoms with E-state index in [1.165, 1.54) is 12.8 Å². The molecule has 1 aromatic carbocycles. The molecular formula is C15H16ClNO. The quantitative estimate of drug-likeness (QED) is 0.866. The van der Waals surface area contributed by atoms with Gasteiger partial charge in [-0.05, 0) is 43.7 Å².